The molecular formula is C17H15BrO3. The number of ether oxygens (including phenoxy) is 1. The minimum absolute atomic E-state index is 0.491. The molecule has 1 N–H and O–H groups in total. The van der Waals surface area contributed by atoms with E-state index in [0.717, 1.165) is 27.2 Å². The van der Waals surface area contributed by atoms with Gasteiger partial charge < -0.3 is 9.84 Å². The summed E-state index contributed by atoms with van der Waals surface area (Å²) in [6, 6.07) is 15.6. The quantitative estimate of drug-likeness (QED) is 0.794. The molecule has 0 aliphatic rings. The number of benzene rings is 2. The van der Waals surface area contributed by atoms with Crippen molar-refractivity contribution in [2.75, 3.05) is 0 Å². The van der Waals surface area contributed by atoms with Crippen LogP contribution in [0.4, 0.5) is 0 Å². The van der Waals surface area contributed by atoms with E-state index in [1.165, 1.54) is 0 Å². The third kappa shape index (κ3) is 5.53. The molecular weight excluding hydrogens is 332 g/mol. The van der Waals surface area contributed by atoms with E-state index in [-0.39, 0.29) is 0 Å². The Bertz CT molecular complexity index is 633. The Morgan fingerprint density at radius 2 is 1.81 bits per heavy atom. The molecule has 0 bridgehead atoms. The Labute approximate surface area is 132 Å². The van der Waals surface area contributed by atoms with Crippen LogP contribution in [0.25, 0.3) is 6.08 Å². The van der Waals surface area contributed by atoms with Crippen molar-refractivity contribution in [1.29, 1.82) is 0 Å². The fourth-order valence-corrected chi connectivity index (χ4v) is 2.09. The molecule has 2 aromatic rings. The monoisotopic (exact) mass is 346 g/mol. The van der Waals surface area contributed by atoms with Crippen LogP contribution in [0.1, 0.15) is 16.7 Å². The van der Waals surface area contributed by atoms with Crippen molar-refractivity contribution in [3.8, 4) is 0 Å². The maximum absolute atomic E-state index is 10.5. The Balaban J connectivity index is 1.89. The first-order chi connectivity index (χ1) is 10.1. The van der Waals surface area contributed by atoms with E-state index in [9.17, 15) is 4.79 Å². The Morgan fingerprint density at radius 3 is 2.52 bits per heavy atom. The summed E-state index contributed by atoms with van der Waals surface area (Å²) in [6.45, 7) is 1.04. The van der Waals surface area contributed by atoms with Crippen molar-refractivity contribution in [2.24, 2.45) is 0 Å². The number of hydrogen-bond donors (Lipinski definition) is 1. The molecule has 0 saturated heterocycles. The van der Waals surface area contributed by atoms with Gasteiger partial charge in [-0.25, -0.2) is 4.79 Å². The molecule has 0 radical (unpaired) electrons. The maximum Gasteiger partial charge on any atom is 0.328 e. The van der Waals surface area contributed by atoms with E-state index < -0.39 is 5.97 Å². The lowest BCUT2D eigenvalue weighted by atomic mass is 10.1. The van der Waals surface area contributed by atoms with Crippen LogP contribution in [-0.2, 0) is 22.7 Å². The summed E-state index contributed by atoms with van der Waals surface area (Å²) in [4.78, 5) is 10.5. The van der Waals surface area contributed by atoms with Crippen LogP contribution in [-0.4, -0.2) is 11.1 Å². The number of rotatable bonds is 6. The van der Waals surface area contributed by atoms with Gasteiger partial charge in [0.05, 0.1) is 13.2 Å². The normalized spacial score (nSPS) is 10.9. The Morgan fingerprint density at radius 1 is 1.10 bits per heavy atom. The van der Waals surface area contributed by atoms with Crippen molar-refractivity contribution in [3.63, 3.8) is 0 Å². The van der Waals surface area contributed by atoms with Gasteiger partial charge >= 0.3 is 5.97 Å². The van der Waals surface area contributed by atoms with E-state index in [1.807, 2.05) is 48.5 Å². The fraction of sp³-hybridized carbons (Fsp3) is 0.118. The van der Waals surface area contributed by atoms with Crippen molar-refractivity contribution in [1.82, 2.24) is 0 Å². The highest BCUT2D eigenvalue weighted by molar-refractivity contribution is 9.10. The van der Waals surface area contributed by atoms with Gasteiger partial charge in [-0.1, -0.05) is 46.3 Å². The largest absolute Gasteiger partial charge is 0.478 e. The summed E-state index contributed by atoms with van der Waals surface area (Å²) in [5.74, 6) is -0.952. The molecule has 21 heavy (non-hydrogen) atoms. The Kier molecular flexibility index (Phi) is 5.72. The topological polar surface area (TPSA) is 46.5 Å². The molecule has 3 nitrogen and oxygen atoms in total. The highest BCUT2D eigenvalue weighted by Crippen LogP contribution is 2.13. The molecule has 2 aromatic carbocycles. The molecule has 0 fully saturated rings. The van der Waals surface area contributed by atoms with Gasteiger partial charge in [-0.3, -0.25) is 0 Å². The summed E-state index contributed by atoms with van der Waals surface area (Å²) in [5.41, 5.74) is 2.97. The van der Waals surface area contributed by atoms with Crippen LogP contribution < -0.4 is 0 Å². The lowest BCUT2D eigenvalue weighted by Gasteiger charge is -2.06. The van der Waals surface area contributed by atoms with Gasteiger partial charge in [0.25, 0.3) is 0 Å². The van der Waals surface area contributed by atoms with Gasteiger partial charge in [-0.05, 0) is 41.0 Å². The molecule has 2 rings (SSSR count). The van der Waals surface area contributed by atoms with Crippen LogP contribution in [0.15, 0.2) is 59.1 Å². The van der Waals surface area contributed by atoms with Gasteiger partial charge in [0, 0.05) is 10.5 Å². The molecule has 0 aliphatic carbocycles. The van der Waals surface area contributed by atoms with Crippen LogP contribution in [0.2, 0.25) is 0 Å². The molecule has 0 aromatic heterocycles. The summed E-state index contributed by atoms with van der Waals surface area (Å²) < 4.78 is 6.72. The summed E-state index contributed by atoms with van der Waals surface area (Å²) in [6.07, 6.45) is 2.70. The van der Waals surface area contributed by atoms with E-state index >= 15 is 0 Å². The zero-order chi connectivity index (χ0) is 15.1. The highest BCUT2D eigenvalue weighted by atomic mass is 79.9. The second kappa shape index (κ2) is 7.76. The van der Waals surface area contributed by atoms with E-state index in [2.05, 4.69) is 15.9 Å². The van der Waals surface area contributed by atoms with E-state index in [0.29, 0.717) is 13.2 Å². The van der Waals surface area contributed by atoms with E-state index in [4.69, 9.17) is 9.84 Å². The standard InChI is InChI=1S/C17H15BrO3/c18-16-7-4-14(5-8-16)11-21-12-15-3-1-2-13(10-15)6-9-17(19)20/h1-10H,11-12H2,(H,19,20)/b9-6+. The first kappa shape index (κ1) is 15.5. The molecule has 4 heteroatoms. The first-order valence-electron chi connectivity index (χ1n) is 6.45. The van der Waals surface area contributed by atoms with Crippen molar-refractivity contribution < 1.29 is 14.6 Å². The zero-order valence-electron chi connectivity index (χ0n) is 11.3. The van der Waals surface area contributed by atoms with Gasteiger partial charge in [-0.2, -0.15) is 0 Å². The predicted octanol–water partition coefficient (Wildman–Crippen LogP) is 4.26. The molecule has 0 amide bonds. The van der Waals surface area contributed by atoms with E-state index in [1.54, 1.807) is 6.08 Å². The molecule has 0 spiro atoms. The second-order valence-electron chi connectivity index (χ2n) is 4.54. The Hall–Kier alpha value is -1.91. The van der Waals surface area contributed by atoms with Gasteiger partial charge in [-0.15, -0.1) is 0 Å². The zero-order valence-corrected chi connectivity index (χ0v) is 12.9. The molecule has 108 valence electrons. The molecule has 0 aliphatic heterocycles. The maximum atomic E-state index is 10.5. The SMILES string of the molecule is O=C(O)/C=C/c1cccc(COCc2ccc(Br)cc2)c1. The molecule has 0 unspecified atom stereocenters. The molecule has 0 atom stereocenters. The van der Waals surface area contributed by atoms with Crippen molar-refractivity contribution in [3.05, 3.63) is 75.8 Å². The lowest BCUT2D eigenvalue weighted by Crippen LogP contribution is -1.94. The summed E-state index contributed by atoms with van der Waals surface area (Å²) in [7, 11) is 0. The van der Waals surface area contributed by atoms with Crippen LogP contribution in [0, 0.1) is 0 Å². The van der Waals surface area contributed by atoms with Gasteiger partial charge in [0.2, 0.25) is 0 Å². The first-order valence-corrected chi connectivity index (χ1v) is 7.25. The number of carbonyl (C=O) groups is 1. The molecule has 0 heterocycles. The fourth-order valence-electron chi connectivity index (χ4n) is 1.82. The summed E-state index contributed by atoms with van der Waals surface area (Å²) >= 11 is 3.39. The van der Waals surface area contributed by atoms with Crippen molar-refractivity contribution in [2.45, 2.75) is 13.2 Å². The van der Waals surface area contributed by atoms with Crippen LogP contribution in [0.5, 0.6) is 0 Å². The van der Waals surface area contributed by atoms with Gasteiger partial charge in [0.1, 0.15) is 0 Å². The number of aliphatic carboxylic acids is 1. The third-order valence-corrected chi connectivity index (χ3v) is 3.35. The number of carboxylic acid groups (broad SMARTS) is 1. The third-order valence-electron chi connectivity index (χ3n) is 2.82. The van der Waals surface area contributed by atoms with Crippen LogP contribution in [0.3, 0.4) is 0 Å². The second-order valence-corrected chi connectivity index (χ2v) is 5.45. The predicted molar refractivity (Wildman–Crippen MR) is 85.7 cm³/mol. The average molecular weight is 347 g/mol. The number of carboxylic acids is 1. The highest BCUT2D eigenvalue weighted by Gasteiger charge is 1.97. The summed E-state index contributed by atoms with van der Waals surface area (Å²) in [5, 5.41) is 8.62. The smallest absolute Gasteiger partial charge is 0.328 e. The number of hydrogen-bond acceptors (Lipinski definition) is 2. The van der Waals surface area contributed by atoms with Crippen molar-refractivity contribution >= 4 is 28.0 Å². The van der Waals surface area contributed by atoms with Crippen LogP contribution >= 0.6 is 15.9 Å². The minimum atomic E-state index is -0.952. The molecule has 0 saturated carbocycles. The van der Waals surface area contributed by atoms with Gasteiger partial charge in [0.15, 0.2) is 0 Å². The average Bonchev–Trinajstić information content (AvgIpc) is 2.48. The lowest BCUT2D eigenvalue weighted by molar-refractivity contribution is -0.131. The minimum Gasteiger partial charge on any atom is -0.478 e. The number of halogens is 1.